The van der Waals surface area contributed by atoms with E-state index in [4.69, 9.17) is 20.6 Å². The van der Waals surface area contributed by atoms with Gasteiger partial charge in [0.1, 0.15) is 0 Å². The molecule has 0 bridgehead atoms. The van der Waals surface area contributed by atoms with Crippen LogP contribution in [0.15, 0.2) is 24.3 Å². The standard InChI is InChI=1S/C11H16ClO3P/c1-4-11(16(13,14-2)15-3)9-5-7-10(12)8-6-9/h5-8,11H,4H2,1-3H3. The van der Waals surface area contributed by atoms with E-state index in [9.17, 15) is 4.57 Å². The van der Waals surface area contributed by atoms with E-state index in [1.165, 1.54) is 14.2 Å². The lowest BCUT2D eigenvalue weighted by Gasteiger charge is -2.23. The fourth-order valence-electron chi connectivity index (χ4n) is 1.66. The molecule has 1 atom stereocenters. The van der Waals surface area contributed by atoms with Crippen molar-refractivity contribution in [3.8, 4) is 0 Å². The summed E-state index contributed by atoms with van der Waals surface area (Å²) in [6.07, 6.45) is 0.681. The average molecular weight is 263 g/mol. The zero-order valence-electron chi connectivity index (χ0n) is 9.64. The van der Waals surface area contributed by atoms with Gasteiger partial charge in [-0.15, -0.1) is 0 Å². The summed E-state index contributed by atoms with van der Waals surface area (Å²) in [5.74, 6) is 0. The predicted molar refractivity (Wildman–Crippen MR) is 66.1 cm³/mol. The van der Waals surface area contributed by atoms with E-state index in [0.29, 0.717) is 11.4 Å². The molecule has 0 amide bonds. The number of benzene rings is 1. The average Bonchev–Trinajstić information content (AvgIpc) is 2.32. The third kappa shape index (κ3) is 2.86. The second-order valence-corrected chi connectivity index (χ2v) is 6.25. The summed E-state index contributed by atoms with van der Waals surface area (Å²) in [7, 11) is -0.260. The molecular weight excluding hydrogens is 247 g/mol. The first kappa shape index (κ1) is 13.7. The van der Waals surface area contributed by atoms with Gasteiger partial charge in [0.15, 0.2) is 0 Å². The number of hydrogen-bond acceptors (Lipinski definition) is 3. The minimum Gasteiger partial charge on any atom is -0.312 e. The summed E-state index contributed by atoms with van der Waals surface area (Å²) in [6.45, 7) is 1.95. The zero-order valence-corrected chi connectivity index (χ0v) is 11.3. The van der Waals surface area contributed by atoms with Crippen LogP contribution >= 0.6 is 19.2 Å². The van der Waals surface area contributed by atoms with Crippen LogP contribution in [0.4, 0.5) is 0 Å². The monoisotopic (exact) mass is 262 g/mol. The molecule has 0 aromatic heterocycles. The van der Waals surface area contributed by atoms with Crippen LogP contribution < -0.4 is 0 Å². The molecule has 1 unspecified atom stereocenters. The van der Waals surface area contributed by atoms with E-state index in [-0.39, 0.29) is 5.66 Å². The van der Waals surface area contributed by atoms with Crippen LogP contribution in [0.1, 0.15) is 24.6 Å². The molecule has 1 aromatic carbocycles. The Labute approximate surface area is 101 Å². The third-order valence-electron chi connectivity index (χ3n) is 2.53. The molecule has 90 valence electrons. The number of halogens is 1. The minimum absolute atomic E-state index is 0.250. The third-order valence-corrected chi connectivity index (χ3v) is 5.23. The highest BCUT2D eigenvalue weighted by molar-refractivity contribution is 7.54. The Morgan fingerprint density at radius 1 is 1.25 bits per heavy atom. The Hall–Kier alpha value is -0.340. The maximum absolute atomic E-state index is 12.3. The normalized spacial score (nSPS) is 13.8. The lowest BCUT2D eigenvalue weighted by molar-refractivity contribution is 0.265. The van der Waals surface area contributed by atoms with Crippen LogP contribution in [0.3, 0.4) is 0 Å². The van der Waals surface area contributed by atoms with Gasteiger partial charge in [-0.3, -0.25) is 4.57 Å². The Kier molecular flexibility index (Phi) is 5.00. The van der Waals surface area contributed by atoms with Crippen molar-refractivity contribution in [1.29, 1.82) is 0 Å². The molecule has 3 nitrogen and oxygen atoms in total. The van der Waals surface area contributed by atoms with Crippen LogP contribution in [0.25, 0.3) is 0 Å². The molecule has 1 aromatic rings. The Balaban J connectivity index is 3.07. The first-order valence-corrected chi connectivity index (χ1v) is 7.03. The molecule has 0 saturated carbocycles. The lowest BCUT2D eigenvalue weighted by atomic mass is 10.1. The quantitative estimate of drug-likeness (QED) is 0.743. The zero-order chi connectivity index (χ0) is 12.2. The molecule has 16 heavy (non-hydrogen) atoms. The molecule has 0 saturated heterocycles. The van der Waals surface area contributed by atoms with Gasteiger partial charge in [0.05, 0.1) is 5.66 Å². The molecule has 0 aliphatic heterocycles. The second kappa shape index (κ2) is 5.83. The molecule has 0 heterocycles. The summed E-state index contributed by atoms with van der Waals surface area (Å²) < 4.78 is 22.3. The van der Waals surface area contributed by atoms with Crippen molar-refractivity contribution >= 4 is 19.2 Å². The van der Waals surface area contributed by atoms with Gasteiger partial charge in [0.2, 0.25) is 0 Å². The van der Waals surface area contributed by atoms with Crippen LogP contribution in [-0.2, 0) is 13.6 Å². The van der Waals surface area contributed by atoms with Crippen molar-refractivity contribution in [2.75, 3.05) is 14.2 Å². The van der Waals surface area contributed by atoms with Crippen LogP contribution in [0.5, 0.6) is 0 Å². The summed E-state index contributed by atoms with van der Waals surface area (Å²) in [4.78, 5) is 0. The Morgan fingerprint density at radius 3 is 2.12 bits per heavy atom. The fraction of sp³-hybridized carbons (Fsp3) is 0.455. The highest BCUT2D eigenvalue weighted by Crippen LogP contribution is 2.61. The van der Waals surface area contributed by atoms with Crippen molar-refractivity contribution in [3.63, 3.8) is 0 Å². The topological polar surface area (TPSA) is 35.5 Å². The van der Waals surface area contributed by atoms with Crippen molar-refractivity contribution < 1.29 is 13.6 Å². The van der Waals surface area contributed by atoms with E-state index in [1.54, 1.807) is 12.1 Å². The first-order valence-electron chi connectivity index (χ1n) is 5.04. The maximum atomic E-state index is 12.3. The molecule has 0 spiro atoms. The van der Waals surface area contributed by atoms with E-state index in [1.807, 2.05) is 19.1 Å². The molecule has 0 fully saturated rings. The van der Waals surface area contributed by atoms with Crippen LogP contribution in [0.2, 0.25) is 5.02 Å². The molecule has 0 aliphatic rings. The second-order valence-electron chi connectivity index (χ2n) is 3.38. The fourth-order valence-corrected chi connectivity index (χ4v) is 3.42. The number of hydrogen-bond donors (Lipinski definition) is 0. The van der Waals surface area contributed by atoms with E-state index in [2.05, 4.69) is 0 Å². The molecule has 0 aliphatic carbocycles. The van der Waals surface area contributed by atoms with Gasteiger partial charge in [-0.25, -0.2) is 0 Å². The SMILES string of the molecule is CCC(c1ccc(Cl)cc1)P(=O)(OC)OC. The Bertz CT molecular complexity index is 369. The first-order chi connectivity index (χ1) is 7.57. The van der Waals surface area contributed by atoms with Crippen molar-refractivity contribution in [3.05, 3.63) is 34.9 Å². The van der Waals surface area contributed by atoms with Crippen LogP contribution in [-0.4, -0.2) is 14.2 Å². The maximum Gasteiger partial charge on any atom is 0.337 e. The summed E-state index contributed by atoms with van der Waals surface area (Å²) in [5.41, 5.74) is 0.665. The largest absolute Gasteiger partial charge is 0.337 e. The highest BCUT2D eigenvalue weighted by atomic mass is 35.5. The predicted octanol–water partition coefficient (Wildman–Crippen LogP) is 4.28. The smallest absolute Gasteiger partial charge is 0.312 e. The molecule has 5 heteroatoms. The van der Waals surface area contributed by atoms with E-state index >= 15 is 0 Å². The number of rotatable bonds is 5. The Morgan fingerprint density at radius 2 is 1.75 bits per heavy atom. The summed E-state index contributed by atoms with van der Waals surface area (Å²) in [6, 6.07) is 7.24. The summed E-state index contributed by atoms with van der Waals surface area (Å²) in [5, 5.41) is 0.656. The van der Waals surface area contributed by atoms with Gasteiger partial charge in [-0.05, 0) is 24.1 Å². The molecule has 1 rings (SSSR count). The van der Waals surface area contributed by atoms with Gasteiger partial charge < -0.3 is 9.05 Å². The lowest BCUT2D eigenvalue weighted by Crippen LogP contribution is -2.02. The van der Waals surface area contributed by atoms with Crippen molar-refractivity contribution in [1.82, 2.24) is 0 Å². The van der Waals surface area contributed by atoms with E-state index in [0.717, 1.165) is 5.56 Å². The van der Waals surface area contributed by atoms with Gasteiger partial charge in [0, 0.05) is 19.2 Å². The molecule has 0 radical (unpaired) electrons. The molecular formula is C11H16ClO3P. The van der Waals surface area contributed by atoms with Crippen molar-refractivity contribution in [2.45, 2.75) is 19.0 Å². The van der Waals surface area contributed by atoms with Gasteiger partial charge in [-0.1, -0.05) is 30.7 Å². The van der Waals surface area contributed by atoms with Gasteiger partial charge in [-0.2, -0.15) is 0 Å². The highest BCUT2D eigenvalue weighted by Gasteiger charge is 2.33. The van der Waals surface area contributed by atoms with Gasteiger partial charge >= 0.3 is 7.60 Å². The summed E-state index contributed by atoms with van der Waals surface area (Å²) >= 11 is 5.81. The molecule has 0 N–H and O–H groups in total. The van der Waals surface area contributed by atoms with Crippen molar-refractivity contribution in [2.24, 2.45) is 0 Å². The van der Waals surface area contributed by atoms with Crippen LogP contribution in [0, 0.1) is 0 Å². The van der Waals surface area contributed by atoms with Gasteiger partial charge in [0.25, 0.3) is 0 Å². The van der Waals surface area contributed by atoms with E-state index < -0.39 is 7.60 Å². The minimum atomic E-state index is -3.07.